The summed E-state index contributed by atoms with van der Waals surface area (Å²) in [5.74, 6) is 1.56. The molecule has 22 heavy (non-hydrogen) atoms. The van der Waals surface area contributed by atoms with Gasteiger partial charge in [-0.2, -0.15) is 5.10 Å². The van der Waals surface area contributed by atoms with E-state index in [-0.39, 0.29) is 5.11 Å². The van der Waals surface area contributed by atoms with E-state index in [1.165, 1.54) is 0 Å². The van der Waals surface area contributed by atoms with Crippen LogP contribution in [0.4, 0.5) is 0 Å². The number of hydrogen-bond donors (Lipinski definition) is 2. The minimum atomic E-state index is 0.127. The molecule has 0 aliphatic rings. The van der Waals surface area contributed by atoms with E-state index >= 15 is 0 Å². The molecule has 0 atom stereocenters. The molecule has 0 aromatic heterocycles. The number of benzene rings is 2. The van der Waals surface area contributed by atoms with Crippen LogP contribution >= 0.6 is 12.2 Å². The molecule has 5 nitrogen and oxygen atoms in total. The first-order valence-electron chi connectivity index (χ1n) is 6.61. The molecule has 0 saturated heterocycles. The van der Waals surface area contributed by atoms with Crippen molar-refractivity contribution in [3.63, 3.8) is 0 Å². The number of methoxy groups -OCH3 is 1. The Morgan fingerprint density at radius 1 is 1.23 bits per heavy atom. The summed E-state index contributed by atoms with van der Waals surface area (Å²) in [5, 5.41) is 4.04. The van der Waals surface area contributed by atoms with E-state index in [4.69, 9.17) is 15.2 Å². The van der Waals surface area contributed by atoms with Gasteiger partial charge >= 0.3 is 0 Å². The molecule has 0 bridgehead atoms. The van der Waals surface area contributed by atoms with Gasteiger partial charge in [-0.05, 0) is 47.6 Å². The van der Waals surface area contributed by atoms with Gasteiger partial charge in [0.15, 0.2) is 5.11 Å². The van der Waals surface area contributed by atoms with Gasteiger partial charge in [0.05, 0.1) is 13.3 Å². The van der Waals surface area contributed by atoms with Gasteiger partial charge in [0, 0.05) is 0 Å². The molecule has 114 valence electrons. The van der Waals surface area contributed by atoms with Crippen molar-refractivity contribution in [2.24, 2.45) is 10.8 Å². The van der Waals surface area contributed by atoms with Gasteiger partial charge in [0.2, 0.25) is 0 Å². The Labute approximate surface area is 134 Å². The van der Waals surface area contributed by atoms with Crippen LogP contribution in [0, 0.1) is 0 Å². The smallest absolute Gasteiger partial charge is 0.184 e. The molecule has 0 heterocycles. The standard InChI is InChI=1S/C16H17N3O2S/c1-20-14-6-3-5-13(9-14)11-21-15-7-2-4-12(8-15)10-18-19-16(17)22/h2-10H,11H2,1H3,(H3,17,19,22). The Balaban J connectivity index is 1.98. The number of hydrazone groups is 1. The highest BCUT2D eigenvalue weighted by atomic mass is 32.1. The zero-order chi connectivity index (χ0) is 15.8. The third kappa shape index (κ3) is 5.06. The molecule has 0 saturated carbocycles. The highest BCUT2D eigenvalue weighted by Crippen LogP contribution is 2.17. The lowest BCUT2D eigenvalue weighted by Crippen LogP contribution is -2.23. The number of nitrogens with zero attached hydrogens (tertiary/aromatic N) is 1. The fourth-order valence-corrected chi connectivity index (χ4v) is 1.84. The Kier molecular flexibility index (Phi) is 5.73. The van der Waals surface area contributed by atoms with Crippen molar-refractivity contribution < 1.29 is 9.47 Å². The summed E-state index contributed by atoms with van der Waals surface area (Å²) in [6.07, 6.45) is 1.62. The molecule has 2 aromatic rings. The molecule has 0 aliphatic carbocycles. The quantitative estimate of drug-likeness (QED) is 0.487. The summed E-state index contributed by atoms with van der Waals surface area (Å²) in [5.41, 5.74) is 9.72. The average molecular weight is 315 g/mol. The Morgan fingerprint density at radius 2 is 2.00 bits per heavy atom. The average Bonchev–Trinajstić information content (AvgIpc) is 2.53. The fraction of sp³-hybridized carbons (Fsp3) is 0.125. The molecular weight excluding hydrogens is 298 g/mol. The number of nitrogens with one attached hydrogen (secondary N) is 1. The van der Waals surface area contributed by atoms with Gasteiger partial charge in [-0.15, -0.1) is 0 Å². The van der Waals surface area contributed by atoms with E-state index in [0.717, 1.165) is 22.6 Å². The molecule has 0 fully saturated rings. The zero-order valence-electron chi connectivity index (χ0n) is 12.2. The minimum Gasteiger partial charge on any atom is -0.497 e. The predicted octanol–water partition coefficient (Wildman–Crippen LogP) is 2.44. The molecule has 6 heteroatoms. The first kappa shape index (κ1) is 15.8. The van der Waals surface area contributed by atoms with E-state index in [0.29, 0.717) is 6.61 Å². The highest BCUT2D eigenvalue weighted by Gasteiger charge is 1.99. The zero-order valence-corrected chi connectivity index (χ0v) is 13.0. The van der Waals surface area contributed by atoms with Crippen molar-refractivity contribution in [3.8, 4) is 11.5 Å². The number of nitrogens with two attached hydrogens (primary N) is 1. The fourth-order valence-electron chi connectivity index (χ4n) is 1.78. The van der Waals surface area contributed by atoms with Gasteiger partial charge in [-0.25, -0.2) is 0 Å². The SMILES string of the molecule is COc1cccc(COc2cccc(C=NNC(N)=S)c2)c1. The van der Waals surface area contributed by atoms with Crippen LogP contribution in [0.25, 0.3) is 0 Å². The topological polar surface area (TPSA) is 68.9 Å². The van der Waals surface area contributed by atoms with Crippen LogP contribution in [0.2, 0.25) is 0 Å². The van der Waals surface area contributed by atoms with E-state index in [2.05, 4.69) is 22.7 Å². The highest BCUT2D eigenvalue weighted by molar-refractivity contribution is 7.80. The molecule has 0 spiro atoms. The third-order valence-electron chi connectivity index (χ3n) is 2.79. The van der Waals surface area contributed by atoms with E-state index < -0.39 is 0 Å². The van der Waals surface area contributed by atoms with Gasteiger partial charge < -0.3 is 15.2 Å². The lowest BCUT2D eigenvalue weighted by atomic mass is 10.2. The van der Waals surface area contributed by atoms with Crippen LogP contribution in [0.5, 0.6) is 11.5 Å². The van der Waals surface area contributed by atoms with Crippen molar-refractivity contribution >= 4 is 23.5 Å². The summed E-state index contributed by atoms with van der Waals surface area (Å²) < 4.78 is 11.0. The van der Waals surface area contributed by atoms with Gasteiger partial charge in [-0.1, -0.05) is 24.3 Å². The maximum Gasteiger partial charge on any atom is 0.184 e. The largest absolute Gasteiger partial charge is 0.497 e. The molecule has 0 amide bonds. The predicted molar refractivity (Wildman–Crippen MR) is 91.3 cm³/mol. The second-order valence-corrected chi connectivity index (χ2v) is 4.89. The maximum atomic E-state index is 5.77. The van der Waals surface area contributed by atoms with Gasteiger partial charge in [-0.3, -0.25) is 5.43 Å². The monoisotopic (exact) mass is 315 g/mol. The second-order valence-electron chi connectivity index (χ2n) is 4.45. The summed E-state index contributed by atoms with van der Waals surface area (Å²) in [4.78, 5) is 0. The van der Waals surface area contributed by atoms with Gasteiger partial charge in [0.1, 0.15) is 18.1 Å². The number of hydrogen-bond acceptors (Lipinski definition) is 4. The number of thiocarbonyl (C=S) groups is 1. The normalized spacial score (nSPS) is 10.4. The summed E-state index contributed by atoms with van der Waals surface area (Å²) in [7, 11) is 1.64. The molecule has 0 radical (unpaired) electrons. The van der Waals surface area contributed by atoms with Crippen molar-refractivity contribution in [3.05, 3.63) is 59.7 Å². The van der Waals surface area contributed by atoms with Crippen molar-refractivity contribution in [2.75, 3.05) is 7.11 Å². The van der Waals surface area contributed by atoms with Crippen molar-refractivity contribution in [1.29, 1.82) is 0 Å². The van der Waals surface area contributed by atoms with Crippen LogP contribution in [-0.2, 0) is 6.61 Å². The maximum absolute atomic E-state index is 5.77. The van der Waals surface area contributed by atoms with Crippen LogP contribution in [0.15, 0.2) is 53.6 Å². The van der Waals surface area contributed by atoms with Crippen LogP contribution in [0.3, 0.4) is 0 Å². The lowest BCUT2D eigenvalue weighted by Gasteiger charge is -2.08. The van der Waals surface area contributed by atoms with Crippen LogP contribution < -0.4 is 20.6 Å². The van der Waals surface area contributed by atoms with E-state index in [9.17, 15) is 0 Å². The van der Waals surface area contributed by atoms with E-state index in [1.54, 1.807) is 13.3 Å². The lowest BCUT2D eigenvalue weighted by molar-refractivity contribution is 0.305. The Morgan fingerprint density at radius 3 is 2.77 bits per heavy atom. The summed E-state index contributed by atoms with van der Waals surface area (Å²) in [6.45, 7) is 0.461. The minimum absolute atomic E-state index is 0.127. The Hall–Kier alpha value is -2.60. The first-order chi connectivity index (χ1) is 10.7. The van der Waals surface area contributed by atoms with Crippen LogP contribution in [0.1, 0.15) is 11.1 Å². The summed E-state index contributed by atoms with van der Waals surface area (Å²) >= 11 is 4.67. The summed E-state index contributed by atoms with van der Waals surface area (Å²) in [6, 6.07) is 15.3. The molecule has 0 aliphatic heterocycles. The second kappa shape index (κ2) is 7.99. The van der Waals surface area contributed by atoms with Crippen molar-refractivity contribution in [1.82, 2.24) is 5.43 Å². The number of ether oxygens (including phenoxy) is 2. The molecule has 2 rings (SSSR count). The van der Waals surface area contributed by atoms with E-state index in [1.807, 2.05) is 48.5 Å². The number of rotatable bonds is 6. The van der Waals surface area contributed by atoms with Crippen molar-refractivity contribution in [2.45, 2.75) is 6.61 Å². The first-order valence-corrected chi connectivity index (χ1v) is 7.02. The molecule has 3 N–H and O–H groups in total. The molecule has 2 aromatic carbocycles. The molecule has 0 unspecified atom stereocenters. The van der Waals surface area contributed by atoms with Gasteiger partial charge in [0.25, 0.3) is 0 Å². The van der Waals surface area contributed by atoms with Crippen LogP contribution in [-0.4, -0.2) is 18.4 Å². The third-order valence-corrected chi connectivity index (χ3v) is 2.88. The molecular formula is C16H17N3O2S. The Bertz CT molecular complexity index is 674.